The first-order chi connectivity index (χ1) is 13.2. The minimum Gasteiger partial charge on any atom is -0.373 e. The van der Waals surface area contributed by atoms with E-state index in [1.165, 1.54) is 25.7 Å². The summed E-state index contributed by atoms with van der Waals surface area (Å²) < 4.78 is 5.87. The molecule has 2 saturated heterocycles. The lowest BCUT2D eigenvalue weighted by Crippen LogP contribution is -2.58. The third-order valence-electron chi connectivity index (χ3n) is 7.92. The minimum atomic E-state index is 0.246. The van der Waals surface area contributed by atoms with Crippen LogP contribution >= 0.6 is 0 Å². The molecule has 2 aliphatic heterocycles. The number of ether oxygens (including phenoxy) is 1. The first-order valence-electron chi connectivity index (χ1n) is 11.6. The van der Waals surface area contributed by atoms with Crippen molar-refractivity contribution in [3.63, 3.8) is 0 Å². The van der Waals surface area contributed by atoms with Gasteiger partial charge in [0.25, 0.3) is 0 Å². The van der Waals surface area contributed by atoms with E-state index >= 15 is 0 Å². The van der Waals surface area contributed by atoms with Crippen LogP contribution < -0.4 is 0 Å². The van der Waals surface area contributed by atoms with E-state index in [9.17, 15) is 0 Å². The lowest BCUT2D eigenvalue weighted by Gasteiger charge is -2.53. The Hall–Kier alpha value is -0.640. The first-order valence-corrected chi connectivity index (χ1v) is 11.6. The van der Waals surface area contributed by atoms with Gasteiger partial charge in [-0.25, -0.2) is 0 Å². The van der Waals surface area contributed by atoms with Crippen LogP contribution in [0.15, 0.2) is 24.3 Å². The topological polar surface area (TPSA) is 15.7 Å². The van der Waals surface area contributed by atoms with Gasteiger partial charge in [-0.15, -0.1) is 0 Å². The molecule has 2 heterocycles. The summed E-state index contributed by atoms with van der Waals surface area (Å²) in [6, 6.07) is 0. The number of hydrogen-bond donors (Lipinski definition) is 0. The molecule has 29 heavy (non-hydrogen) atoms. The summed E-state index contributed by atoms with van der Waals surface area (Å²) >= 11 is 0. The largest absolute Gasteiger partial charge is 0.373 e. The van der Waals surface area contributed by atoms with Gasteiger partial charge in [0.2, 0.25) is 0 Å². The number of piperidine rings is 2. The van der Waals surface area contributed by atoms with Crippen molar-refractivity contribution in [2.75, 3.05) is 27.3 Å². The van der Waals surface area contributed by atoms with Crippen molar-refractivity contribution in [1.82, 2.24) is 9.80 Å². The predicted molar refractivity (Wildman–Crippen MR) is 126 cm³/mol. The summed E-state index contributed by atoms with van der Waals surface area (Å²) in [5.74, 6) is 1.28. The third-order valence-corrected chi connectivity index (χ3v) is 7.92. The van der Waals surface area contributed by atoms with Gasteiger partial charge in [-0.2, -0.15) is 0 Å². The molecule has 0 atom stereocenters. The normalized spacial score (nSPS) is 28.5. The van der Waals surface area contributed by atoms with Crippen molar-refractivity contribution < 1.29 is 4.74 Å². The highest BCUT2D eigenvalue weighted by Crippen LogP contribution is 2.41. The maximum Gasteiger partial charge on any atom is 0.0651 e. The smallest absolute Gasteiger partial charge is 0.0651 e. The summed E-state index contributed by atoms with van der Waals surface area (Å²) in [7, 11) is 4.53. The second-order valence-electron chi connectivity index (χ2n) is 12.1. The molecule has 0 N–H and O–H groups in total. The van der Waals surface area contributed by atoms with Crippen molar-refractivity contribution in [2.45, 2.75) is 103 Å². The van der Waals surface area contributed by atoms with E-state index < -0.39 is 0 Å². The van der Waals surface area contributed by atoms with Crippen LogP contribution in [0.2, 0.25) is 0 Å². The number of nitrogens with zero attached hydrogens (tertiary/aromatic N) is 2. The fourth-order valence-corrected chi connectivity index (χ4v) is 5.87. The van der Waals surface area contributed by atoms with Crippen molar-refractivity contribution in [2.24, 2.45) is 11.8 Å². The van der Waals surface area contributed by atoms with Crippen molar-refractivity contribution in [1.29, 1.82) is 0 Å². The number of allylic oxidation sites excluding steroid dienone is 2. The molecule has 0 amide bonds. The van der Waals surface area contributed by atoms with Crippen LogP contribution in [0.4, 0.5) is 0 Å². The standard InChI is InChI=1S/C26H48N2O/c1-23(2)17-21(18-24(3,4)27(23)9)13-11-15-29-16-12-14-22-19-25(5,6)28(10)26(7,8)20-22/h11-14,21-22H,15-20H2,1-10H3. The van der Waals surface area contributed by atoms with Crippen LogP contribution in [0.5, 0.6) is 0 Å². The molecule has 0 radical (unpaired) electrons. The fourth-order valence-electron chi connectivity index (χ4n) is 5.87. The highest BCUT2D eigenvalue weighted by atomic mass is 16.5. The highest BCUT2D eigenvalue weighted by Gasteiger charge is 2.43. The lowest BCUT2D eigenvalue weighted by molar-refractivity contribution is -0.0197. The molecule has 2 rings (SSSR count). The molecule has 0 aromatic carbocycles. The molecule has 0 bridgehead atoms. The van der Waals surface area contributed by atoms with Gasteiger partial charge in [0.1, 0.15) is 0 Å². The summed E-state index contributed by atoms with van der Waals surface area (Å²) in [6.45, 7) is 20.3. The van der Waals surface area contributed by atoms with E-state index in [2.05, 4.69) is 104 Å². The third kappa shape index (κ3) is 6.18. The molecule has 0 spiro atoms. The SMILES string of the molecule is CN1C(C)(C)CC(C=CCOCC=CC2CC(C)(C)N(C)C(C)(C)C2)CC1(C)C. The van der Waals surface area contributed by atoms with Crippen LogP contribution in [0.3, 0.4) is 0 Å². The van der Waals surface area contributed by atoms with Gasteiger partial charge in [0.15, 0.2) is 0 Å². The molecule has 0 unspecified atom stereocenters. The van der Waals surface area contributed by atoms with Crippen molar-refractivity contribution in [3.05, 3.63) is 24.3 Å². The molecule has 0 aliphatic carbocycles. The molecule has 0 saturated carbocycles. The predicted octanol–water partition coefficient (Wildman–Crippen LogP) is 5.91. The van der Waals surface area contributed by atoms with E-state index in [0.717, 1.165) is 0 Å². The minimum absolute atomic E-state index is 0.246. The summed E-state index contributed by atoms with van der Waals surface area (Å²) in [5.41, 5.74) is 0.984. The number of rotatable bonds is 6. The Bertz CT molecular complexity index is 512. The summed E-state index contributed by atoms with van der Waals surface area (Å²) in [5, 5.41) is 0. The average Bonchev–Trinajstić information content (AvgIpc) is 2.55. The van der Waals surface area contributed by atoms with Crippen LogP contribution in [-0.2, 0) is 4.74 Å². The summed E-state index contributed by atoms with van der Waals surface area (Å²) in [4.78, 5) is 5.08. The highest BCUT2D eigenvalue weighted by molar-refractivity contribution is 5.05. The van der Waals surface area contributed by atoms with E-state index in [-0.39, 0.29) is 22.2 Å². The maximum atomic E-state index is 5.87. The van der Waals surface area contributed by atoms with Crippen LogP contribution in [0.25, 0.3) is 0 Å². The van der Waals surface area contributed by atoms with Crippen LogP contribution in [0.1, 0.15) is 81.1 Å². The Balaban J connectivity index is 1.76. The molecule has 0 aromatic rings. The Morgan fingerprint density at radius 1 is 0.621 bits per heavy atom. The summed E-state index contributed by atoms with van der Waals surface area (Å²) in [6.07, 6.45) is 14.1. The molecular weight excluding hydrogens is 356 g/mol. The molecule has 3 nitrogen and oxygen atoms in total. The van der Waals surface area contributed by atoms with Crippen molar-refractivity contribution in [3.8, 4) is 0 Å². The van der Waals surface area contributed by atoms with Gasteiger partial charge in [0, 0.05) is 22.2 Å². The van der Waals surface area contributed by atoms with E-state index in [1.54, 1.807) is 0 Å². The van der Waals surface area contributed by atoms with Gasteiger partial charge < -0.3 is 4.74 Å². The van der Waals surface area contributed by atoms with Gasteiger partial charge in [-0.05, 0) is 107 Å². The zero-order valence-corrected chi connectivity index (χ0v) is 21.0. The molecule has 2 aliphatic rings. The van der Waals surface area contributed by atoms with E-state index in [1.807, 2.05) is 0 Å². The second-order valence-corrected chi connectivity index (χ2v) is 12.1. The van der Waals surface area contributed by atoms with E-state index in [4.69, 9.17) is 4.74 Å². The number of likely N-dealkylation sites (tertiary alicyclic amines) is 2. The maximum absolute atomic E-state index is 5.87. The Morgan fingerprint density at radius 3 is 1.17 bits per heavy atom. The van der Waals surface area contributed by atoms with Crippen LogP contribution in [0, 0.1) is 11.8 Å². The Kier molecular flexibility index (Phi) is 7.51. The molecule has 3 heteroatoms. The second kappa shape index (κ2) is 8.85. The lowest BCUT2D eigenvalue weighted by atomic mass is 9.74. The monoisotopic (exact) mass is 404 g/mol. The van der Waals surface area contributed by atoms with Crippen LogP contribution in [-0.4, -0.2) is 59.3 Å². The van der Waals surface area contributed by atoms with E-state index in [0.29, 0.717) is 25.0 Å². The average molecular weight is 405 g/mol. The van der Waals surface area contributed by atoms with Gasteiger partial charge in [-0.1, -0.05) is 24.3 Å². The zero-order chi connectivity index (χ0) is 22.1. The molecular formula is C26H48N2O. The fraction of sp³-hybridized carbons (Fsp3) is 0.846. The van der Waals surface area contributed by atoms with Gasteiger partial charge in [0.05, 0.1) is 13.2 Å². The quantitative estimate of drug-likeness (QED) is 0.404. The van der Waals surface area contributed by atoms with Gasteiger partial charge >= 0.3 is 0 Å². The Labute approximate surface area is 181 Å². The number of hydrogen-bond acceptors (Lipinski definition) is 3. The van der Waals surface area contributed by atoms with Gasteiger partial charge in [-0.3, -0.25) is 9.80 Å². The van der Waals surface area contributed by atoms with Crippen molar-refractivity contribution >= 4 is 0 Å². The Morgan fingerprint density at radius 2 is 0.897 bits per heavy atom. The molecule has 2 fully saturated rings. The first kappa shape index (κ1) is 24.6. The zero-order valence-electron chi connectivity index (χ0n) is 21.0. The molecule has 0 aromatic heterocycles. The molecule has 168 valence electrons.